The van der Waals surface area contributed by atoms with E-state index in [0.29, 0.717) is 61.2 Å². The lowest BCUT2D eigenvalue weighted by atomic mass is 9.95. The molecule has 3 heterocycles. The lowest BCUT2D eigenvalue weighted by molar-refractivity contribution is -0.137. The summed E-state index contributed by atoms with van der Waals surface area (Å²) in [6.07, 6.45) is -2.18. The number of nitriles is 1. The molecule has 43 heavy (non-hydrogen) atoms. The Kier molecular flexibility index (Phi) is 8.20. The first-order valence-electron chi connectivity index (χ1n) is 14.4. The molecule has 2 N–H and O–H groups in total. The molecule has 2 aliphatic rings. The average molecular weight is 598 g/mol. The lowest BCUT2D eigenvalue weighted by Crippen LogP contribution is -2.61. The van der Waals surface area contributed by atoms with E-state index in [0.717, 1.165) is 12.1 Å². The summed E-state index contributed by atoms with van der Waals surface area (Å²) < 4.78 is 41.4. The summed E-state index contributed by atoms with van der Waals surface area (Å²) in [6, 6.07) is 8.46. The maximum absolute atomic E-state index is 13.7. The molecule has 1 aliphatic carbocycles. The van der Waals surface area contributed by atoms with Crippen molar-refractivity contribution < 1.29 is 23.1 Å². The van der Waals surface area contributed by atoms with E-state index in [4.69, 9.17) is 0 Å². The Morgan fingerprint density at radius 2 is 1.79 bits per heavy atom. The summed E-state index contributed by atoms with van der Waals surface area (Å²) in [5.74, 6) is -0.0500. The molecule has 1 aromatic carbocycles. The minimum Gasteiger partial charge on any atom is -0.388 e. The molecule has 0 bridgehead atoms. The number of fused-ring (bicyclic) bond motifs is 1. The van der Waals surface area contributed by atoms with Crippen molar-refractivity contribution >= 4 is 22.8 Å². The zero-order valence-electron chi connectivity index (χ0n) is 24.2. The summed E-state index contributed by atoms with van der Waals surface area (Å²) in [7, 11) is 1.59. The monoisotopic (exact) mass is 597 g/mol. The van der Waals surface area contributed by atoms with Crippen molar-refractivity contribution in [1.82, 2.24) is 24.8 Å². The van der Waals surface area contributed by atoms with Crippen molar-refractivity contribution in [2.24, 2.45) is 7.05 Å². The quantitative estimate of drug-likeness (QED) is 0.405. The molecule has 3 aromatic rings. The number of carbonyl (C=O) groups is 1. The molecule has 3 atom stereocenters. The van der Waals surface area contributed by atoms with Crippen LogP contribution in [0.25, 0.3) is 11.0 Å². The number of piperazine rings is 1. The zero-order valence-corrected chi connectivity index (χ0v) is 24.2. The van der Waals surface area contributed by atoms with Crippen molar-refractivity contribution in [3.63, 3.8) is 0 Å². The number of carbonyl (C=O) groups excluding carboxylic acids is 1. The van der Waals surface area contributed by atoms with Crippen molar-refractivity contribution in [2.75, 3.05) is 24.5 Å². The van der Waals surface area contributed by atoms with Crippen molar-refractivity contribution in [3.8, 4) is 6.07 Å². The van der Waals surface area contributed by atoms with Gasteiger partial charge in [0.2, 0.25) is 5.91 Å². The number of nitrogens with zero attached hydrogens (tertiary/aromatic N) is 6. The van der Waals surface area contributed by atoms with Gasteiger partial charge in [-0.15, -0.1) is 0 Å². The Balaban J connectivity index is 1.54. The van der Waals surface area contributed by atoms with Crippen LogP contribution >= 0.6 is 0 Å². The van der Waals surface area contributed by atoms with Crippen LogP contribution in [0.1, 0.15) is 62.4 Å². The number of alkyl halides is 3. The van der Waals surface area contributed by atoms with Crippen LogP contribution in [0.3, 0.4) is 0 Å². The molecule has 228 valence electrons. The normalized spacial score (nSPS) is 20.9. The summed E-state index contributed by atoms with van der Waals surface area (Å²) >= 11 is 0. The third-order valence-corrected chi connectivity index (χ3v) is 8.56. The van der Waals surface area contributed by atoms with Crippen LogP contribution < -0.4 is 15.9 Å². The topological polar surface area (TPSA) is 127 Å². The van der Waals surface area contributed by atoms with E-state index in [2.05, 4.69) is 15.3 Å². The number of benzene rings is 1. The van der Waals surface area contributed by atoms with Crippen LogP contribution in [-0.4, -0.2) is 67.8 Å². The Morgan fingerprint density at radius 3 is 2.37 bits per heavy atom. The standard InChI is InChI=1S/C30H34F3N7O3/c1-4-21-16-40(26-24-23(38(3)28(42)37-26)11-10-20(14-34)36-24)22(5-2)15-39(21)25(27(41)35-17-29(43)12-13-29)18-6-8-19(9-7-18)30(31,32)33/h6-11,21-22,25,43H,4-5,12-13,15-17H2,1-3H3,(H,35,41)/t21-,22+,25?/m1/s1. The molecule has 5 rings (SSSR count). The van der Waals surface area contributed by atoms with Crippen LogP contribution in [0.4, 0.5) is 19.0 Å². The first-order valence-corrected chi connectivity index (χ1v) is 14.4. The largest absolute Gasteiger partial charge is 0.416 e. The van der Waals surface area contributed by atoms with Crippen LogP contribution in [0, 0.1) is 11.3 Å². The predicted octanol–water partition coefficient (Wildman–Crippen LogP) is 3.28. The molecular formula is C30H34F3N7O3. The highest BCUT2D eigenvalue weighted by atomic mass is 19.4. The molecule has 1 saturated carbocycles. The molecule has 1 unspecified atom stereocenters. The third kappa shape index (κ3) is 6.07. The maximum atomic E-state index is 13.7. The van der Waals surface area contributed by atoms with Gasteiger partial charge in [-0.3, -0.25) is 14.3 Å². The van der Waals surface area contributed by atoms with Crippen molar-refractivity contribution in [1.29, 1.82) is 5.26 Å². The molecule has 1 aliphatic heterocycles. The van der Waals surface area contributed by atoms with Crippen LogP contribution in [0.5, 0.6) is 0 Å². The molecule has 2 aromatic heterocycles. The number of aryl methyl sites for hydroxylation is 1. The van der Waals surface area contributed by atoms with Gasteiger partial charge >= 0.3 is 11.9 Å². The van der Waals surface area contributed by atoms with Gasteiger partial charge in [-0.25, -0.2) is 9.78 Å². The Labute approximate surface area is 246 Å². The molecule has 0 spiro atoms. The number of halogens is 3. The van der Waals surface area contributed by atoms with Crippen molar-refractivity contribution in [3.05, 3.63) is 63.7 Å². The number of aliphatic hydroxyl groups is 1. The number of hydrogen-bond donors (Lipinski definition) is 2. The van der Waals surface area contributed by atoms with Gasteiger partial charge in [0, 0.05) is 38.8 Å². The Morgan fingerprint density at radius 1 is 1.12 bits per heavy atom. The van der Waals surface area contributed by atoms with E-state index >= 15 is 0 Å². The third-order valence-electron chi connectivity index (χ3n) is 8.56. The maximum Gasteiger partial charge on any atom is 0.416 e. The fourth-order valence-corrected chi connectivity index (χ4v) is 5.75. The number of nitrogens with one attached hydrogen (secondary N) is 1. The predicted molar refractivity (Wildman–Crippen MR) is 153 cm³/mol. The second-order valence-corrected chi connectivity index (χ2v) is 11.4. The first-order chi connectivity index (χ1) is 20.4. The molecule has 1 amide bonds. The number of hydrogen-bond acceptors (Lipinski definition) is 8. The summed E-state index contributed by atoms with van der Waals surface area (Å²) in [6.45, 7) is 4.69. The highest BCUT2D eigenvalue weighted by Gasteiger charge is 2.44. The lowest BCUT2D eigenvalue weighted by Gasteiger charge is -2.49. The second-order valence-electron chi connectivity index (χ2n) is 11.4. The summed E-state index contributed by atoms with van der Waals surface area (Å²) in [4.78, 5) is 39.4. The van der Waals surface area contributed by atoms with Gasteiger partial charge in [0.05, 0.1) is 16.7 Å². The van der Waals surface area contributed by atoms with E-state index in [1.807, 2.05) is 29.7 Å². The molecule has 2 fully saturated rings. The van der Waals surface area contributed by atoms with E-state index < -0.39 is 35.0 Å². The van der Waals surface area contributed by atoms with Crippen molar-refractivity contribution in [2.45, 2.75) is 69.4 Å². The van der Waals surface area contributed by atoms with Gasteiger partial charge in [0.25, 0.3) is 0 Å². The molecule has 13 heteroatoms. The van der Waals surface area contributed by atoms with E-state index in [-0.39, 0.29) is 24.3 Å². The van der Waals surface area contributed by atoms with Gasteiger partial charge in [0.15, 0.2) is 5.82 Å². The minimum atomic E-state index is -4.52. The average Bonchev–Trinajstić information content (AvgIpc) is 3.74. The highest BCUT2D eigenvalue weighted by Crippen LogP contribution is 2.37. The van der Waals surface area contributed by atoms with Gasteiger partial charge < -0.3 is 15.3 Å². The number of rotatable bonds is 8. The van der Waals surface area contributed by atoms with Crippen LogP contribution in [-0.2, 0) is 18.0 Å². The zero-order chi connectivity index (χ0) is 31.1. The number of amides is 1. The number of pyridine rings is 1. The Hall–Kier alpha value is -4.02. The molecular weight excluding hydrogens is 563 g/mol. The SMILES string of the molecule is CC[C@H]1CN(C(C(=O)NCC2(O)CC2)c2ccc(C(F)(F)F)cc2)[C@H](CC)CN1c1nc(=O)n(C)c2ccc(C#N)nc12. The van der Waals surface area contributed by atoms with E-state index in [1.54, 1.807) is 19.2 Å². The minimum absolute atomic E-state index is 0.0625. The fraction of sp³-hybridized carbons (Fsp3) is 0.500. The van der Waals surface area contributed by atoms with Crippen LogP contribution in [0.2, 0.25) is 0 Å². The number of anilines is 1. The van der Waals surface area contributed by atoms with Crippen LogP contribution in [0.15, 0.2) is 41.2 Å². The molecule has 0 radical (unpaired) electrons. The molecule has 1 saturated heterocycles. The summed E-state index contributed by atoms with van der Waals surface area (Å²) in [5, 5.41) is 22.7. The van der Waals surface area contributed by atoms with Gasteiger partial charge in [-0.1, -0.05) is 26.0 Å². The Bertz CT molecular complexity index is 1610. The summed E-state index contributed by atoms with van der Waals surface area (Å²) in [5.41, 5.74) is -0.691. The van der Waals surface area contributed by atoms with E-state index in [9.17, 15) is 33.1 Å². The smallest absolute Gasteiger partial charge is 0.388 e. The number of aromatic nitrogens is 3. The second kappa shape index (κ2) is 11.6. The van der Waals surface area contributed by atoms with Gasteiger partial charge in [0.1, 0.15) is 23.3 Å². The molecule has 10 nitrogen and oxygen atoms in total. The van der Waals surface area contributed by atoms with E-state index in [1.165, 1.54) is 16.7 Å². The first kappa shape index (κ1) is 30.4. The highest BCUT2D eigenvalue weighted by molar-refractivity contribution is 5.87. The van der Waals surface area contributed by atoms with Gasteiger partial charge in [-0.05, 0) is 55.5 Å². The van der Waals surface area contributed by atoms with Gasteiger partial charge in [-0.2, -0.15) is 23.4 Å². The fourth-order valence-electron chi connectivity index (χ4n) is 5.75.